The number of hydrogen-bond acceptors (Lipinski definition) is 4. The number of nitrogens with zero attached hydrogens (tertiary/aromatic N) is 1. The number of thioether (sulfide) groups is 1. The van der Waals surface area contributed by atoms with Gasteiger partial charge < -0.3 is 10.2 Å². The molecule has 0 aromatic heterocycles. The molecule has 0 aliphatic rings. The van der Waals surface area contributed by atoms with E-state index in [0.717, 1.165) is 17.7 Å². The van der Waals surface area contributed by atoms with E-state index in [4.69, 9.17) is 0 Å². The summed E-state index contributed by atoms with van der Waals surface area (Å²) in [6.07, 6.45) is 2.06. The second-order valence-corrected chi connectivity index (χ2v) is 6.24. The summed E-state index contributed by atoms with van der Waals surface area (Å²) >= 11 is 1.73. The van der Waals surface area contributed by atoms with Gasteiger partial charge in [-0.2, -0.15) is 0 Å². The number of hydrogen-bond donors (Lipinski definition) is 2. The van der Waals surface area contributed by atoms with E-state index in [0.29, 0.717) is 18.8 Å². The Labute approximate surface area is 136 Å². The molecule has 0 aliphatic carbocycles. The predicted molar refractivity (Wildman–Crippen MR) is 92.3 cm³/mol. The first-order valence-electron chi connectivity index (χ1n) is 7.37. The number of aliphatic hydroxyl groups excluding tert-OH is 1. The second kappa shape index (κ2) is 8.22. The van der Waals surface area contributed by atoms with Gasteiger partial charge in [-0.1, -0.05) is 30.3 Å². The molecule has 0 radical (unpaired) electrons. The van der Waals surface area contributed by atoms with Gasteiger partial charge in [0.15, 0.2) is 0 Å². The average molecular weight is 317 g/mol. The third kappa shape index (κ3) is 4.50. The van der Waals surface area contributed by atoms with Crippen molar-refractivity contribution in [3.63, 3.8) is 0 Å². The molecule has 0 saturated carbocycles. The first-order chi connectivity index (χ1) is 10.6. The standard InChI is InChI=1S/C18H23NO2S/c1-14-4-3-5-16(18(14)21)13-19(10-11-20)12-15-6-8-17(22-2)9-7-15/h3-9,20-21H,10-13H2,1-2H3. The molecular weight excluding hydrogens is 294 g/mol. The Hall–Kier alpha value is -1.49. The van der Waals surface area contributed by atoms with Crippen LogP contribution in [-0.4, -0.2) is 34.5 Å². The highest BCUT2D eigenvalue weighted by atomic mass is 32.2. The normalized spacial score (nSPS) is 11.1. The Kier molecular flexibility index (Phi) is 6.31. The van der Waals surface area contributed by atoms with E-state index < -0.39 is 0 Å². The van der Waals surface area contributed by atoms with E-state index in [9.17, 15) is 10.2 Å². The lowest BCUT2D eigenvalue weighted by molar-refractivity contribution is 0.183. The fourth-order valence-electron chi connectivity index (χ4n) is 2.43. The Morgan fingerprint density at radius 1 is 1.05 bits per heavy atom. The van der Waals surface area contributed by atoms with Gasteiger partial charge in [0, 0.05) is 30.1 Å². The van der Waals surface area contributed by atoms with Crippen LogP contribution in [0, 0.1) is 6.92 Å². The van der Waals surface area contributed by atoms with Gasteiger partial charge in [0.05, 0.1) is 6.61 Å². The Balaban J connectivity index is 2.10. The lowest BCUT2D eigenvalue weighted by atomic mass is 10.1. The number of para-hydroxylation sites is 1. The van der Waals surface area contributed by atoms with E-state index >= 15 is 0 Å². The minimum absolute atomic E-state index is 0.107. The maximum atomic E-state index is 10.2. The number of aromatic hydroxyl groups is 1. The number of aliphatic hydroxyl groups is 1. The molecule has 0 fully saturated rings. The predicted octanol–water partition coefficient (Wildman–Crippen LogP) is 3.42. The van der Waals surface area contributed by atoms with E-state index in [1.807, 2.05) is 25.1 Å². The van der Waals surface area contributed by atoms with Crippen LogP contribution in [-0.2, 0) is 13.1 Å². The van der Waals surface area contributed by atoms with Crippen molar-refractivity contribution in [2.75, 3.05) is 19.4 Å². The van der Waals surface area contributed by atoms with Gasteiger partial charge in [-0.25, -0.2) is 0 Å². The smallest absolute Gasteiger partial charge is 0.122 e. The molecule has 0 saturated heterocycles. The van der Waals surface area contributed by atoms with Crippen LogP contribution in [0.4, 0.5) is 0 Å². The minimum atomic E-state index is 0.107. The van der Waals surface area contributed by atoms with Crippen molar-refractivity contribution in [2.24, 2.45) is 0 Å². The molecule has 2 N–H and O–H groups in total. The van der Waals surface area contributed by atoms with Crippen LogP contribution in [0.5, 0.6) is 5.75 Å². The zero-order valence-electron chi connectivity index (χ0n) is 13.1. The fraction of sp³-hybridized carbons (Fsp3) is 0.333. The molecule has 2 aromatic rings. The topological polar surface area (TPSA) is 43.7 Å². The average Bonchev–Trinajstić information content (AvgIpc) is 2.53. The van der Waals surface area contributed by atoms with Crippen molar-refractivity contribution < 1.29 is 10.2 Å². The monoisotopic (exact) mass is 317 g/mol. The minimum Gasteiger partial charge on any atom is -0.507 e. The molecule has 22 heavy (non-hydrogen) atoms. The van der Waals surface area contributed by atoms with Gasteiger partial charge in [-0.05, 0) is 36.4 Å². The van der Waals surface area contributed by atoms with Crippen LogP contribution < -0.4 is 0 Å². The molecule has 0 unspecified atom stereocenters. The van der Waals surface area contributed by atoms with Crippen molar-refractivity contribution in [3.05, 3.63) is 59.2 Å². The van der Waals surface area contributed by atoms with Gasteiger partial charge in [-0.15, -0.1) is 11.8 Å². The molecule has 4 heteroatoms. The van der Waals surface area contributed by atoms with Crippen molar-refractivity contribution >= 4 is 11.8 Å². The first kappa shape index (κ1) is 16.9. The van der Waals surface area contributed by atoms with Crippen LogP contribution in [0.3, 0.4) is 0 Å². The first-order valence-corrected chi connectivity index (χ1v) is 8.60. The van der Waals surface area contributed by atoms with Crippen LogP contribution >= 0.6 is 11.8 Å². The molecule has 0 spiro atoms. The van der Waals surface area contributed by atoms with E-state index in [2.05, 4.69) is 35.4 Å². The molecule has 0 amide bonds. The molecular formula is C18H23NO2S. The molecule has 0 aliphatic heterocycles. The number of phenolic OH excluding ortho intramolecular Hbond substituents is 1. The lowest BCUT2D eigenvalue weighted by Crippen LogP contribution is -2.26. The molecule has 118 valence electrons. The zero-order valence-corrected chi connectivity index (χ0v) is 13.9. The van der Waals surface area contributed by atoms with Crippen LogP contribution in [0.15, 0.2) is 47.4 Å². The number of phenols is 1. The highest BCUT2D eigenvalue weighted by molar-refractivity contribution is 7.98. The van der Waals surface area contributed by atoms with Crippen molar-refractivity contribution in [2.45, 2.75) is 24.9 Å². The molecule has 2 rings (SSSR count). The summed E-state index contributed by atoms with van der Waals surface area (Å²) in [4.78, 5) is 3.39. The largest absolute Gasteiger partial charge is 0.507 e. The highest BCUT2D eigenvalue weighted by Crippen LogP contribution is 2.23. The molecule has 0 heterocycles. The van der Waals surface area contributed by atoms with Crippen molar-refractivity contribution in [1.82, 2.24) is 4.90 Å². The van der Waals surface area contributed by atoms with Crippen LogP contribution in [0.1, 0.15) is 16.7 Å². The summed E-state index contributed by atoms with van der Waals surface area (Å²) in [5.41, 5.74) is 2.98. The highest BCUT2D eigenvalue weighted by Gasteiger charge is 2.10. The summed E-state index contributed by atoms with van der Waals surface area (Å²) in [6, 6.07) is 14.2. The molecule has 3 nitrogen and oxygen atoms in total. The summed E-state index contributed by atoms with van der Waals surface area (Å²) in [5.74, 6) is 0.350. The molecule has 2 aromatic carbocycles. The summed E-state index contributed by atoms with van der Waals surface area (Å²) in [6.45, 7) is 3.96. The maximum absolute atomic E-state index is 10.2. The third-order valence-corrected chi connectivity index (χ3v) is 4.44. The number of rotatable bonds is 7. The van der Waals surface area contributed by atoms with E-state index in [1.165, 1.54) is 10.5 Å². The summed E-state index contributed by atoms with van der Waals surface area (Å²) in [7, 11) is 0. The lowest BCUT2D eigenvalue weighted by Gasteiger charge is -2.22. The second-order valence-electron chi connectivity index (χ2n) is 5.36. The number of benzene rings is 2. The van der Waals surface area contributed by atoms with Gasteiger partial charge in [0.25, 0.3) is 0 Å². The maximum Gasteiger partial charge on any atom is 0.122 e. The summed E-state index contributed by atoms with van der Waals surface area (Å²) in [5, 5.41) is 19.4. The van der Waals surface area contributed by atoms with Gasteiger partial charge in [0.1, 0.15) is 5.75 Å². The third-order valence-electron chi connectivity index (χ3n) is 3.70. The quantitative estimate of drug-likeness (QED) is 0.768. The molecule has 0 bridgehead atoms. The van der Waals surface area contributed by atoms with Gasteiger partial charge in [-0.3, -0.25) is 4.90 Å². The Bertz CT molecular complexity index is 599. The van der Waals surface area contributed by atoms with Crippen molar-refractivity contribution in [1.29, 1.82) is 0 Å². The van der Waals surface area contributed by atoms with Gasteiger partial charge >= 0.3 is 0 Å². The fourth-order valence-corrected chi connectivity index (χ4v) is 2.84. The Morgan fingerprint density at radius 3 is 2.41 bits per heavy atom. The molecule has 0 atom stereocenters. The van der Waals surface area contributed by atoms with Gasteiger partial charge in [0.2, 0.25) is 0 Å². The van der Waals surface area contributed by atoms with Crippen LogP contribution in [0.2, 0.25) is 0 Å². The summed E-state index contributed by atoms with van der Waals surface area (Å²) < 4.78 is 0. The van der Waals surface area contributed by atoms with E-state index in [1.54, 1.807) is 11.8 Å². The van der Waals surface area contributed by atoms with Crippen LogP contribution in [0.25, 0.3) is 0 Å². The Morgan fingerprint density at radius 2 is 1.77 bits per heavy atom. The number of aryl methyl sites for hydroxylation is 1. The zero-order chi connectivity index (χ0) is 15.9. The SMILES string of the molecule is CSc1ccc(CN(CCO)Cc2cccc(C)c2O)cc1. The van der Waals surface area contributed by atoms with E-state index in [-0.39, 0.29) is 6.61 Å². The van der Waals surface area contributed by atoms with Crippen molar-refractivity contribution in [3.8, 4) is 5.75 Å².